The van der Waals surface area contributed by atoms with Gasteiger partial charge in [-0.3, -0.25) is 9.45 Å². The summed E-state index contributed by atoms with van der Waals surface area (Å²) in [6.45, 7) is -0.278. The highest BCUT2D eigenvalue weighted by atomic mass is 35.5. The van der Waals surface area contributed by atoms with Crippen LogP contribution in [0.25, 0.3) is 0 Å². The van der Waals surface area contributed by atoms with Crippen LogP contribution < -0.4 is 5.73 Å². The van der Waals surface area contributed by atoms with Crippen molar-refractivity contribution in [3.05, 3.63) is 0 Å². The summed E-state index contributed by atoms with van der Waals surface area (Å²) in [4.78, 5) is 9.24. The largest absolute Gasteiger partial charge is 0.480 e. The molecule has 4 nitrogen and oxygen atoms in total. The average molecular weight is 155 g/mol. The number of halogens is 1. The molecule has 0 aliphatic carbocycles. The Bertz CT molecular complexity index is 52.5. The molecule has 0 spiro atoms. The number of hydrogen-bond acceptors (Lipinski definition) is 3. The van der Waals surface area contributed by atoms with E-state index in [1.165, 1.54) is 0 Å². The van der Waals surface area contributed by atoms with Crippen LogP contribution in [-0.4, -0.2) is 39.6 Å². The first-order valence-corrected chi connectivity index (χ1v) is 1.70. The number of nitrogens with two attached hydrogens (primary N) is 1. The van der Waals surface area contributed by atoms with Gasteiger partial charge in [0.1, 0.15) is 0 Å². The van der Waals surface area contributed by atoms with Crippen molar-refractivity contribution in [3.8, 4) is 0 Å². The Hall–Kier alpha value is 0.212. The molecule has 4 N–H and O–H groups in total. The molecule has 0 heterocycles. The molecule has 0 atom stereocenters. The predicted octanol–water partition coefficient (Wildman–Crippen LogP) is -1.22. The molecular weight excluding hydrogens is 148 g/mol. The van der Waals surface area contributed by atoms with Gasteiger partial charge in [-0.1, -0.05) is 0 Å². The van der Waals surface area contributed by atoms with Crippen LogP contribution >= 0.6 is 11.9 Å². The molecule has 0 rings (SSSR count). The van der Waals surface area contributed by atoms with E-state index in [9.17, 15) is 4.79 Å². The lowest BCUT2D eigenvalue weighted by Crippen LogP contribution is -2.10. The van der Waals surface area contributed by atoms with Gasteiger partial charge in [-0.25, -0.2) is 0 Å². The lowest BCUT2D eigenvalue weighted by atomic mass is 10.7. The number of hydrogen-bond donors (Lipinski definition) is 3. The summed E-state index contributed by atoms with van der Waals surface area (Å²) in [5.74, 6) is -0.968. The van der Waals surface area contributed by atoms with Crippen molar-refractivity contribution in [1.82, 2.24) is 0 Å². The molecule has 8 heavy (non-hydrogen) atoms. The second-order valence-corrected chi connectivity index (χ2v) is 0.598. The molecule has 47 valence electrons. The maximum atomic E-state index is 9.24. The van der Waals surface area contributed by atoms with E-state index in [1.54, 1.807) is 0 Å². The molecule has 0 fully saturated rings. The Labute approximate surface area is 62.5 Å². The maximum Gasteiger partial charge on any atom is 0.317 e. The Balaban J connectivity index is -0.0000000750. The zero-order chi connectivity index (χ0) is 6.28. The van der Waals surface area contributed by atoms with Crippen molar-refractivity contribution in [2.24, 2.45) is 5.73 Å². The zero-order valence-electron chi connectivity index (χ0n) is 4.04. The van der Waals surface area contributed by atoms with E-state index in [2.05, 4.69) is 17.6 Å². The van der Waals surface area contributed by atoms with Gasteiger partial charge in [-0.05, 0) is 0 Å². The summed E-state index contributed by atoms with van der Waals surface area (Å²) in [5.41, 5.74) is 4.57. The monoisotopic (exact) mass is 154 g/mol. The second-order valence-electron chi connectivity index (χ2n) is 0.598. The molecule has 0 aliphatic heterocycles. The highest BCUT2D eigenvalue weighted by Crippen LogP contribution is 1.43. The Morgan fingerprint density at radius 2 is 1.75 bits per heavy atom. The molecule has 0 amide bonds. The van der Waals surface area contributed by atoms with Gasteiger partial charge in [-0.2, -0.15) is 0 Å². The minimum Gasteiger partial charge on any atom is -0.480 e. The average Bonchev–Trinajstić information content (AvgIpc) is 1.73. The fourth-order valence-electron chi connectivity index (χ4n) is 0. The van der Waals surface area contributed by atoms with Gasteiger partial charge in [0.2, 0.25) is 0 Å². The molecule has 0 saturated heterocycles. The molecule has 0 aliphatic rings. The van der Waals surface area contributed by atoms with Gasteiger partial charge in [0.15, 0.2) is 0 Å². The number of carboxylic acids is 1. The Kier molecular flexibility index (Phi) is 30.8. The van der Waals surface area contributed by atoms with Gasteiger partial charge in [0.05, 0.1) is 18.4 Å². The topological polar surface area (TPSA) is 83.6 Å². The van der Waals surface area contributed by atoms with Crippen molar-refractivity contribution in [1.29, 1.82) is 0 Å². The number of carbonyl (C=O) groups is 1. The molecular formula is C2H6AlClNO3. The van der Waals surface area contributed by atoms with E-state index in [0.29, 0.717) is 0 Å². The summed E-state index contributed by atoms with van der Waals surface area (Å²) < 4.78 is 6.47. The molecule has 0 bridgehead atoms. The minimum absolute atomic E-state index is 0. The molecule has 0 saturated carbocycles. The van der Waals surface area contributed by atoms with Gasteiger partial charge < -0.3 is 10.8 Å². The van der Waals surface area contributed by atoms with Crippen molar-refractivity contribution in [2.75, 3.05) is 6.54 Å². The molecule has 3 radical (unpaired) electrons. The highest BCUT2D eigenvalue weighted by molar-refractivity contribution is 6.04. The van der Waals surface area contributed by atoms with E-state index in [-0.39, 0.29) is 23.9 Å². The van der Waals surface area contributed by atoms with Gasteiger partial charge >= 0.3 is 5.97 Å². The Morgan fingerprint density at radius 3 is 1.75 bits per heavy atom. The molecule has 6 heteroatoms. The van der Waals surface area contributed by atoms with Crippen molar-refractivity contribution in [2.45, 2.75) is 0 Å². The van der Waals surface area contributed by atoms with E-state index < -0.39 is 5.97 Å². The SMILES string of the molecule is NCC(=O)O.OCl.[Al]. The third-order valence-corrected chi connectivity index (χ3v) is 0.175. The quantitative estimate of drug-likeness (QED) is 0.414. The van der Waals surface area contributed by atoms with Crippen LogP contribution in [0, 0.1) is 0 Å². The Morgan fingerprint density at radius 1 is 1.62 bits per heavy atom. The summed E-state index contributed by atoms with van der Waals surface area (Å²) in [6, 6.07) is 0. The predicted molar refractivity (Wildman–Crippen MR) is 30.5 cm³/mol. The third-order valence-electron chi connectivity index (χ3n) is 0.175. The van der Waals surface area contributed by atoms with Crippen LogP contribution in [0.3, 0.4) is 0 Å². The summed E-state index contributed by atoms with van der Waals surface area (Å²) >= 11 is 3.64. The highest BCUT2D eigenvalue weighted by Gasteiger charge is 1.81. The molecule has 0 unspecified atom stereocenters. The van der Waals surface area contributed by atoms with E-state index in [1.807, 2.05) is 0 Å². The molecule has 0 aromatic rings. The smallest absolute Gasteiger partial charge is 0.317 e. The minimum atomic E-state index is -0.968. The fraction of sp³-hybridized carbons (Fsp3) is 0.500. The van der Waals surface area contributed by atoms with Gasteiger partial charge in [-0.15, -0.1) is 0 Å². The summed E-state index contributed by atoms with van der Waals surface area (Å²) in [6.07, 6.45) is 0. The first kappa shape index (κ1) is 15.7. The third kappa shape index (κ3) is 34.5. The first-order chi connectivity index (χ1) is 3.27. The van der Waals surface area contributed by atoms with Crippen molar-refractivity contribution >= 4 is 35.2 Å². The number of carboxylic acid groups (broad SMARTS) is 1. The maximum absolute atomic E-state index is 9.24. The van der Waals surface area contributed by atoms with E-state index >= 15 is 0 Å². The normalized spacial score (nSPS) is 5.38. The van der Waals surface area contributed by atoms with Crippen LogP contribution in [0.4, 0.5) is 0 Å². The van der Waals surface area contributed by atoms with Crippen LogP contribution in [0.1, 0.15) is 0 Å². The van der Waals surface area contributed by atoms with Gasteiger partial charge in [0.25, 0.3) is 0 Å². The number of aliphatic carboxylic acids is 1. The summed E-state index contributed by atoms with van der Waals surface area (Å²) in [5, 5.41) is 7.60. The first-order valence-electron chi connectivity index (χ1n) is 1.36. The fourth-order valence-corrected chi connectivity index (χ4v) is 0. The van der Waals surface area contributed by atoms with Gasteiger partial charge in [0, 0.05) is 17.4 Å². The second kappa shape index (κ2) is 15.7. The van der Waals surface area contributed by atoms with Crippen LogP contribution in [0.5, 0.6) is 0 Å². The standard InChI is InChI=1S/C2H5NO2.Al.ClHO/c3-1-2(4)5;;1-2/h1,3H2,(H,4,5);;2H. The molecule has 0 aromatic carbocycles. The number of rotatable bonds is 1. The van der Waals surface area contributed by atoms with E-state index in [4.69, 9.17) is 9.77 Å². The summed E-state index contributed by atoms with van der Waals surface area (Å²) in [7, 11) is 0. The van der Waals surface area contributed by atoms with Crippen molar-refractivity contribution in [3.63, 3.8) is 0 Å². The lowest BCUT2D eigenvalue weighted by Gasteiger charge is -1.73. The lowest BCUT2D eigenvalue weighted by molar-refractivity contribution is -0.135. The van der Waals surface area contributed by atoms with Crippen LogP contribution in [0.2, 0.25) is 0 Å². The van der Waals surface area contributed by atoms with E-state index in [0.717, 1.165) is 0 Å². The molecule has 0 aromatic heterocycles. The van der Waals surface area contributed by atoms with Crippen LogP contribution in [0.15, 0.2) is 0 Å². The zero-order valence-corrected chi connectivity index (χ0v) is 5.95. The van der Waals surface area contributed by atoms with Crippen LogP contribution in [-0.2, 0) is 4.79 Å². The van der Waals surface area contributed by atoms with Crippen molar-refractivity contribution < 1.29 is 14.6 Å².